The van der Waals surface area contributed by atoms with Crippen molar-refractivity contribution in [2.75, 3.05) is 0 Å². The van der Waals surface area contributed by atoms with Crippen molar-refractivity contribution in [3.05, 3.63) is 80.4 Å². The Morgan fingerprint density at radius 1 is 0.688 bits per heavy atom. The molecule has 0 N–H and O–H groups in total. The van der Waals surface area contributed by atoms with E-state index in [0.29, 0.717) is 17.3 Å². The van der Waals surface area contributed by atoms with Crippen LogP contribution >= 0.6 is 0 Å². The lowest BCUT2D eigenvalue weighted by Gasteiger charge is -2.58. The summed E-state index contributed by atoms with van der Waals surface area (Å²) in [6.45, 7) is 24.6. The molecule has 0 heterocycles. The second-order valence-electron chi connectivity index (χ2n) is 21.0. The lowest BCUT2D eigenvalue weighted by Crippen LogP contribution is -2.47. The Balaban J connectivity index is 1.28. The zero-order chi connectivity index (χ0) is 33.7. The van der Waals surface area contributed by atoms with Gasteiger partial charge >= 0.3 is 0 Å². The van der Waals surface area contributed by atoms with Gasteiger partial charge < -0.3 is 0 Å². The summed E-state index contributed by atoms with van der Waals surface area (Å²) in [5.41, 5.74) is 19.1. The number of hydrogen-bond acceptors (Lipinski definition) is 0. The number of fused-ring (bicyclic) bond motifs is 5. The molecule has 5 saturated carbocycles. The molecule has 0 amide bonds. The second-order valence-corrected chi connectivity index (χ2v) is 21.0. The fourth-order valence-electron chi connectivity index (χ4n) is 14.7. The molecule has 0 nitrogen and oxygen atoms in total. The SMILES string of the molecule is Cc1cc2c(cc1C(C)(C)C)-c1cc(C(C)(C)C)c(C)cc1C2C1(C(C)C)C2=C(CC(C34CC5CC(CC(C5)C3)C4)=C2)C2CCCCC21. The summed E-state index contributed by atoms with van der Waals surface area (Å²) in [5, 5.41) is 0. The standard InChI is InChI=1S/C48H64/c1-27(2)48(44-38-15-28(3)41(45(5,6)7)22-35(38)36-23-42(46(8,9)10)29(4)16-39(36)44)40-14-12-11-13-34(40)37-20-33(21-43(37)48)47-24-30-17-31(25-47)19-32(18-30)26-47/h15-16,21-23,27,30-32,34,40,44H,11-14,17-20,24-26H2,1-10H3. The van der Waals surface area contributed by atoms with Crippen LogP contribution in [0.25, 0.3) is 11.1 Å². The first-order valence-corrected chi connectivity index (χ1v) is 20.4. The molecule has 48 heavy (non-hydrogen) atoms. The average Bonchev–Trinajstić information content (AvgIpc) is 3.63. The van der Waals surface area contributed by atoms with Crippen LogP contribution in [0.5, 0.6) is 0 Å². The average molecular weight is 641 g/mol. The summed E-state index contributed by atoms with van der Waals surface area (Å²) in [5.74, 6) is 5.62. The molecule has 0 spiro atoms. The Labute approximate surface area is 293 Å². The van der Waals surface area contributed by atoms with Gasteiger partial charge in [-0.1, -0.05) is 110 Å². The molecular weight excluding hydrogens is 577 g/mol. The molecule has 4 bridgehead atoms. The molecule has 0 heteroatoms. The van der Waals surface area contributed by atoms with E-state index in [0.717, 1.165) is 29.6 Å². The van der Waals surface area contributed by atoms with Crippen LogP contribution in [0.4, 0.5) is 0 Å². The molecule has 0 aromatic heterocycles. The molecule has 8 aliphatic carbocycles. The van der Waals surface area contributed by atoms with Gasteiger partial charge in [0.25, 0.3) is 0 Å². The van der Waals surface area contributed by atoms with Gasteiger partial charge in [-0.15, -0.1) is 0 Å². The largest absolute Gasteiger partial charge is 0.0619 e. The minimum atomic E-state index is 0.128. The highest BCUT2D eigenvalue weighted by molar-refractivity contribution is 5.83. The van der Waals surface area contributed by atoms with Crippen molar-refractivity contribution in [1.29, 1.82) is 0 Å². The van der Waals surface area contributed by atoms with E-state index >= 15 is 0 Å². The fraction of sp³-hybridized carbons (Fsp3) is 0.667. The molecule has 2 aromatic carbocycles. The molecule has 3 unspecified atom stereocenters. The summed E-state index contributed by atoms with van der Waals surface area (Å²) in [4.78, 5) is 0. The Hall–Kier alpha value is -2.08. The highest BCUT2D eigenvalue weighted by Gasteiger charge is 2.63. The van der Waals surface area contributed by atoms with Crippen LogP contribution in [-0.2, 0) is 10.8 Å². The predicted molar refractivity (Wildman–Crippen MR) is 204 cm³/mol. The first-order valence-electron chi connectivity index (χ1n) is 20.4. The van der Waals surface area contributed by atoms with Crippen molar-refractivity contribution in [1.82, 2.24) is 0 Å². The number of aryl methyl sites for hydroxylation is 2. The number of rotatable bonds is 3. The molecule has 10 rings (SSSR count). The van der Waals surface area contributed by atoms with Gasteiger partial charge in [-0.05, 0) is 173 Å². The molecule has 2 aromatic rings. The Bertz CT molecular complexity index is 1650. The van der Waals surface area contributed by atoms with E-state index in [-0.39, 0.29) is 16.2 Å². The minimum Gasteiger partial charge on any atom is -0.0619 e. The molecule has 0 radical (unpaired) electrons. The lowest BCUT2D eigenvalue weighted by molar-refractivity contribution is -0.0318. The molecule has 256 valence electrons. The Morgan fingerprint density at radius 2 is 1.19 bits per heavy atom. The van der Waals surface area contributed by atoms with E-state index in [2.05, 4.69) is 99.6 Å². The summed E-state index contributed by atoms with van der Waals surface area (Å²) < 4.78 is 0. The highest BCUT2D eigenvalue weighted by atomic mass is 14.7. The maximum Gasteiger partial charge on any atom is 0.0204 e. The number of benzene rings is 2. The molecule has 5 fully saturated rings. The Morgan fingerprint density at radius 3 is 1.67 bits per heavy atom. The van der Waals surface area contributed by atoms with E-state index in [1.165, 1.54) is 73.6 Å². The van der Waals surface area contributed by atoms with Crippen molar-refractivity contribution in [3.8, 4) is 11.1 Å². The summed E-state index contributed by atoms with van der Waals surface area (Å²) in [6, 6.07) is 10.7. The smallest absolute Gasteiger partial charge is 0.0204 e. The third-order valence-corrected chi connectivity index (χ3v) is 15.8. The van der Waals surface area contributed by atoms with Gasteiger partial charge in [0.2, 0.25) is 0 Å². The van der Waals surface area contributed by atoms with E-state index in [1.54, 1.807) is 41.5 Å². The van der Waals surface area contributed by atoms with Crippen molar-refractivity contribution in [2.45, 2.75) is 157 Å². The Kier molecular flexibility index (Phi) is 6.81. The van der Waals surface area contributed by atoms with Crippen molar-refractivity contribution >= 4 is 0 Å². The molecule has 0 saturated heterocycles. The first kappa shape index (κ1) is 31.9. The monoisotopic (exact) mass is 641 g/mol. The van der Waals surface area contributed by atoms with Crippen molar-refractivity contribution in [2.24, 2.45) is 46.3 Å². The molecule has 8 aliphatic rings. The fourth-order valence-corrected chi connectivity index (χ4v) is 14.7. The van der Waals surface area contributed by atoms with Crippen molar-refractivity contribution < 1.29 is 0 Å². The summed E-state index contributed by atoms with van der Waals surface area (Å²) >= 11 is 0. The first-order chi connectivity index (χ1) is 22.6. The molecular formula is C48H64. The zero-order valence-electron chi connectivity index (χ0n) is 32.2. The van der Waals surface area contributed by atoms with Gasteiger partial charge in [0.05, 0.1) is 0 Å². The number of allylic oxidation sites excluding steroid dienone is 4. The van der Waals surface area contributed by atoms with E-state index in [1.807, 2.05) is 16.7 Å². The van der Waals surface area contributed by atoms with Crippen LogP contribution < -0.4 is 0 Å². The molecule has 0 aliphatic heterocycles. The highest BCUT2D eigenvalue weighted by Crippen LogP contribution is 2.74. The number of hydrogen-bond donors (Lipinski definition) is 0. The van der Waals surface area contributed by atoms with E-state index in [9.17, 15) is 0 Å². The third-order valence-electron chi connectivity index (χ3n) is 15.8. The van der Waals surface area contributed by atoms with Crippen LogP contribution in [0.15, 0.2) is 47.1 Å². The maximum absolute atomic E-state index is 2.96. The van der Waals surface area contributed by atoms with Crippen LogP contribution in [0, 0.1) is 60.2 Å². The van der Waals surface area contributed by atoms with Crippen LogP contribution in [0.3, 0.4) is 0 Å². The third kappa shape index (κ3) is 4.25. The second kappa shape index (κ2) is 10.3. The quantitative estimate of drug-likeness (QED) is 0.313. The van der Waals surface area contributed by atoms with Gasteiger partial charge in [0.15, 0.2) is 0 Å². The lowest BCUT2D eigenvalue weighted by atomic mass is 9.47. The van der Waals surface area contributed by atoms with Crippen LogP contribution in [0.2, 0.25) is 0 Å². The van der Waals surface area contributed by atoms with E-state index in [4.69, 9.17) is 0 Å². The zero-order valence-corrected chi connectivity index (χ0v) is 32.2. The molecule has 3 atom stereocenters. The van der Waals surface area contributed by atoms with Crippen molar-refractivity contribution in [3.63, 3.8) is 0 Å². The van der Waals surface area contributed by atoms with Crippen LogP contribution in [-0.4, -0.2) is 0 Å². The van der Waals surface area contributed by atoms with Gasteiger partial charge in [0, 0.05) is 11.3 Å². The topological polar surface area (TPSA) is 0 Å². The normalized spacial score (nSPS) is 35.3. The maximum atomic E-state index is 2.96. The minimum absolute atomic E-state index is 0.128. The summed E-state index contributed by atoms with van der Waals surface area (Å²) in [7, 11) is 0. The van der Waals surface area contributed by atoms with E-state index < -0.39 is 0 Å². The van der Waals surface area contributed by atoms with Gasteiger partial charge in [-0.25, -0.2) is 0 Å². The predicted octanol–water partition coefficient (Wildman–Crippen LogP) is 13.3. The van der Waals surface area contributed by atoms with Crippen LogP contribution in [0.1, 0.15) is 165 Å². The van der Waals surface area contributed by atoms with Gasteiger partial charge in [-0.3, -0.25) is 0 Å². The van der Waals surface area contributed by atoms with Gasteiger partial charge in [-0.2, -0.15) is 0 Å². The summed E-state index contributed by atoms with van der Waals surface area (Å²) in [6.07, 6.45) is 19.1. The van der Waals surface area contributed by atoms with Gasteiger partial charge in [0.1, 0.15) is 0 Å².